The van der Waals surface area contributed by atoms with E-state index in [0.717, 1.165) is 25.9 Å². The number of carbonyl (C=O) groups is 2. The zero-order valence-electron chi connectivity index (χ0n) is 10.1. The van der Waals surface area contributed by atoms with E-state index in [2.05, 4.69) is 10.6 Å². The fourth-order valence-electron chi connectivity index (χ4n) is 1.72. The summed E-state index contributed by atoms with van der Waals surface area (Å²) in [6.07, 6.45) is 3.54. The van der Waals surface area contributed by atoms with Gasteiger partial charge >= 0.3 is 12.0 Å². The molecule has 1 aliphatic rings. The normalized spacial score (nSPS) is 21.6. The minimum atomic E-state index is -1.02. The van der Waals surface area contributed by atoms with E-state index < -0.39 is 18.0 Å². The van der Waals surface area contributed by atoms with E-state index >= 15 is 0 Å². The van der Waals surface area contributed by atoms with Crippen molar-refractivity contribution < 1.29 is 19.4 Å². The van der Waals surface area contributed by atoms with Gasteiger partial charge in [0.15, 0.2) is 0 Å². The van der Waals surface area contributed by atoms with Crippen molar-refractivity contribution in [3.05, 3.63) is 0 Å². The van der Waals surface area contributed by atoms with Gasteiger partial charge in [-0.15, -0.1) is 0 Å². The van der Waals surface area contributed by atoms with Gasteiger partial charge in [0.05, 0.1) is 6.10 Å². The summed E-state index contributed by atoms with van der Waals surface area (Å²) in [4.78, 5) is 22.1. The highest BCUT2D eigenvalue weighted by molar-refractivity contribution is 5.82. The Labute approximate surface area is 101 Å². The van der Waals surface area contributed by atoms with E-state index in [1.807, 2.05) is 0 Å². The highest BCUT2D eigenvalue weighted by Gasteiger charge is 2.19. The van der Waals surface area contributed by atoms with E-state index in [-0.39, 0.29) is 6.10 Å². The van der Waals surface area contributed by atoms with E-state index in [4.69, 9.17) is 9.84 Å². The van der Waals surface area contributed by atoms with Crippen LogP contribution in [0.25, 0.3) is 0 Å². The first-order valence-corrected chi connectivity index (χ1v) is 6.02. The lowest BCUT2D eigenvalue weighted by Crippen LogP contribution is -2.47. The second kappa shape index (κ2) is 7.11. The average Bonchev–Trinajstić information content (AvgIpc) is 2.34. The predicted molar refractivity (Wildman–Crippen MR) is 61.8 cm³/mol. The Morgan fingerprint density at radius 3 is 2.76 bits per heavy atom. The first kappa shape index (κ1) is 13.8. The largest absolute Gasteiger partial charge is 0.480 e. The van der Waals surface area contributed by atoms with Crippen molar-refractivity contribution in [2.24, 2.45) is 0 Å². The lowest BCUT2D eigenvalue weighted by atomic mass is 10.1. The van der Waals surface area contributed by atoms with Crippen molar-refractivity contribution >= 4 is 12.0 Å². The Bertz CT molecular complexity index is 264. The van der Waals surface area contributed by atoms with E-state index in [0.29, 0.717) is 13.0 Å². The van der Waals surface area contributed by atoms with E-state index in [1.165, 1.54) is 0 Å². The molecule has 17 heavy (non-hydrogen) atoms. The standard InChI is InChI=1S/C11H20N2O4/c1-2-9(10(14)15)13-11(16)12-7-8-5-3-4-6-17-8/h8-9H,2-7H2,1H3,(H,14,15)(H2,12,13,16)/t8?,9-/m0/s1. The quantitative estimate of drug-likeness (QED) is 0.665. The van der Waals surface area contributed by atoms with Crippen molar-refractivity contribution in [2.75, 3.05) is 13.2 Å². The number of ether oxygens (including phenoxy) is 1. The summed E-state index contributed by atoms with van der Waals surface area (Å²) in [5, 5.41) is 13.8. The first-order valence-electron chi connectivity index (χ1n) is 6.02. The summed E-state index contributed by atoms with van der Waals surface area (Å²) >= 11 is 0. The smallest absolute Gasteiger partial charge is 0.326 e. The highest BCUT2D eigenvalue weighted by atomic mass is 16.5. The van der Waals surface area contributed by atoms with Crippen LogP contribution in [0.2, 0.25) is 0 Å². The molecule has 6 heteroatoms. The summed E-state index contributed by atoms with van der Waals surface area (Å²) in [7, 11) is 0. The van der Waals surface area contributed by atoms with Gasteiger partial charge in [-0.3, -0.25) is 0 Å². The third-order valence-electron chi connectivity index (χ3n) is 2.78. The SMILES string of the molecule is CC[C@H](NC(=O)NCC1CCCCO1)C(=O)O. The molecule has 1 heterocycles. The number of carboxylic acid groups (broad SMARTS) is 1. The molecule has 98 valence electrons. The lowest BCUT2D eigenvalue weighted by molar-refractivity contribution is -0.139. The summed E-state index contributed by atoms with van der Waals surface area (Å²) < 4.78 is 5.45. The topological polar surface area (TPSA) is 87.7 Å². The maximum atomic E-state index is 11.4. The maximum Gasteiger partial charge on any atom is 0.326 e. The van der Waals surface area contributed by atoms with Crippen LogP contribution in [-0.4, -0.2) is 42.4 Å². The summed E-state index contributed by atoms with van der Waals surface area (Å²) in [6, 6.07) is -1.28. The molecule has 0 aromatic carbocycles. The second-order valence-corrected chi connectivity index (χ2v) is 4.14. The number of urea groups is 1. The minimum Gasteiger partial charge on any atom is -0.480 e. The van der Waals surface area contributed by atoms with Crippen molar-refractivity contribution in [3.8, 4) is 0 Å². The molecule has 0 saturated carbocycles. The molecule has 1 saturated heterocycles. The third-order valence-corrected chi connectivity index (χ3v) is 2.78. The number of hydrogen-bond donors (Lipinski definition) is 3. The predicted octanol–water partition coefficient (Wildman–Crippen LogP) is 0.718. The molecular weight excluding hydrogens is 224 g/mol. The van der Waals surface area contributed by atoms with Crippen LogP contribution in [0, 0.1) is 0 Å². The van der Waals surface area contributed by atoms with Gasteiger partial charge in [0.1, 0.15) is 6.04 Å². The Morgan fingerprint density at radius 1 is 1.47 bits per heavy atom. The van der Waals surface area contributed by atoms with Crippen molar-refractivity contribution in [3.63, 3.8) is 0 Å². The molecule has 3 N–H and O–H groups in total. The number of aliphatic carboxylic acids is 1. The first-order chi connectivity index (χ1) is 8.13. The van der Waals surface area contributed by atoms with Crippen molar-refractivity contribution in [1.29, 1.82) is 0 Å². The lowest BCUT2D eigenvalue weighted by Gasteiger charge is -2.23. The Kier molecular flexibility index (Phi) is 5.76. The molecule has 0 aliphatic carbocycles. The van der Waals surface area contributed by atoms with Gasteiger partial charge in [-0.1, -0.05) is 6.92 Å². The van der Waals surface area contributed by atoms with Crippen LogP contribution in [0.5, 0.6) is 0 Å². The molecular formula is C11H20N2O4. The monoisotopic (exact) mass is 244 g/mol. The van der Waals surface area contributed by atoms with Crippen LogP contribution in [-0.2, 0) is 9.53 Å². The molecule has 1 aliphatic heterocycles. The van der Waals surface area contributed by atoms with E-state index in [9.17, 15) is 9.59 Å². The fourth-order valence-corrected chi connectivity index (χ4v) is 1.72. The number of amides is 2. The molecule has 0 bridgehead atoms. The van der Waals surface area contributed by atoms with Crippen molar-refractivity contribution in [1.82, 2.24) is 10.6 Å². The Morgan fingerprint density at radius 2 is 2.24 bits per heavy atom. The number of hydrogen-bond acceptors (Lipinski definition) is 3. The molecule has 0 radical (unpaired) electrons. The zero-order chi connectivity index (χ0) is 12.7. The third kappa shape index (κ3) is 5.04. The second-order valence-electron chi connectivity index (χ2n) is 4.14. The number of carbonyl (C=O) groups excluding carboxylic acids is 1. The van der Waals surface area contributed by atoms with Crippen LogP contribution >= 0.6 is 0 Å². The molecule has 0 aromatic rings. The average molecular weight is 244 g/mol. The van der Waals surface area contributed by atoms with Crippen LogP contribution in [0.1, 0.15) is 32.6 Å². The van der Waals surface area contributed by atoms with Crippen LogP contribution < -0.4 is 10.6 Å². The zero-order valence-corrected chi connectivity index (χ0v) is 10.1. The molecule has 2 amide bonds. The van der Waals surface area contributed by atoms with E-state index in [1.54, 1.807) is 6.92 Å². The van der Waals surface area contributed by atoms with Crippen LogP contribution in [0.4, 0.5) is 4.79 Å². The van der Waals surface area contributed by atoms with Gasteiger partial charge in [-0.05, 0) is 25.7 Å². The molecule has 0 spiro atoms. The molecule has 1 fully saturated rings. The summed E-state index contributed by atoms with van der Waals surface area (Å²) in [5.41, 5.74) is 0. The number of carboxylic acids is 1. The van der Waals surface area contributed by atoms with Gasteiger partial charge in [-0.25, -0.2) is 9.59 Å². The van der Waals surface area contributed by atoms with Crippen LogP contribution in [0.3, 0.4) is 0 Å². The molecule has 2 atom stereocenters. The highest BCUT2D eigenvalue weighted by Crippen LogP contribution is 2.11. The Hall–Kier alpha value is -1.30. The maximum absolute atomic E-state index is 11.4. The van der Waals surface area contributed by atoms with Crippen LogP contribution in [0.15, 0.2) is 0 Å². The van der Waals surface area contributed by atoms with Gasteiger partial charge in [-0.2, -0.15) is 0 Å². The summed E-state index contributed by atoms with van der Waals surface area (Å²) in [6.45, 7) is 2.88. The molecule has 1 unspecified atom stereocenters. The Balaban J connectivity index is 2.21. The number of nitrogens with one attached hydrogen (secondary N) is 2. The van der Waals surface area contributed by atoms with Gasteiger partial charge < -0.3 is 20.5 Å². The molecule has 1 rings (SSSR count). The number of rotatable bonds is 5. The van der Waals surface area contributed by atoms with Gasteiger partial charge in [0, 0.05) is 13.2 Å². The van der Waals surface area contributed by atoms with Gasteiger partial charge in [0.25, 0.3) is 0 Å². The van der Waals surface area contributed by atoms with Crippen molar-refractivity contribution in [2.45, 2.75) is 44.8 Å². The molecule has 6 nitrogen and oxygen atoms in total. The fraction of sp³-hybridized carbons (Fsp3) is 0.818. The minimum absolute atomic E-state index is 0.0550. The molecule has 0 aromatic heterocycles. The van der Waals surface area contributed by atoms with Gasteiger partial charge in [0.2, 0.25) is 0 Å². The summed E-state index contributed by atoms with van der Waals surface area (Å²) in [5.74, 6) is -1.02.